The Hall–Kier alpha value is -3.38. The summed E-state index contributed by atoms with van der Waals surface area (Å²) in [5, 5.41) is 6.47. The zero-order chi connectivity index (χ0) is 25.4. The lowest BCUT2D eigenvalue weighted by molar-refractivity contribution is -0.131. The van der Waals surface area contributed by atoms with Crippen molar-refractivity contribution in [3.63, 3.8) is 0 Å². The highest BCUT2D eigenvalue weighted by atomic mass is 19.3. The predicted octanol–water partition coefficient (Wildman–Crippen LogP) is 2.83. The molecule has 10 nitrogen and oxygen atoms in total. The van der Waals surface area contributed by atoms with Crippen LogP contribution in [0.25, 0.3) is 16.9 Å². The number of morpholine rings is 1. The summed E-state index contributed by atoms with van der Waals surface area (Å²) in [5.41, 5.74) is 1.03. The number of hydrogen-bond donors (Lipinski definition) is 2. The number of ether oxygens (including phenoxy) is 2. The molecule has 0 bridgehead atoms. The van der Waals surface area contributed by atoms with Crippen LogP contribution in [0.15, 0.2) is 30.3 Å². The standard InChI is InChI=1S/C25H29F2N7O3/c26-22(27)23-30-17-4-1-2-5-18(17)34(23)21-14-20(31-25(32-21)33-7-10-36-11-8-33)28-15-12-16(13-15)29-24(35)19-6-3-9-37-19/h1-2,4-5,14-16,19,22H,3,6-13H2,(H,29,35)(H,28,31,32)/t15?,16?,19-/m0/s1. The molecule has 196 valence electrons. The van der Waals surface area contributed by atoms with Crippen LogP contribution in [0.4, 0.5) is 20.5 Å². The summed E-state index contributed by atoms with van der Waals surface area (Å²) in [5.74, 6) is 0.901. The molecule has 0 unspecified atom stereocenters. The maximum atomic E-state index is 14.0. The third-order valence-corrected chi connectivity index (χ3v) is 7.06. The van der Waals surface area contributed by atoms with Gasteiger partial charge in [0, 0.05) is 37.8 Å². The van der Waals surface area contributed by atoms with Crippen molar-refractivity contribution in [1.82, 2.24) is 24.8 Å². The number of alkyl halides is 2. The van der Waals surface area contributed by atoms with Crippen LogP contribution in [0.2, 0.25) is 0 Å². The average Bonchev–Trinajstić information content (AvgIpc) is 3.56. The number of aromatic nitrogens is 4. The minimum absolute atomic E-state index is 0.0496. The van der Waals surface area contributed by atoms with Crippen molar-refractivity contribution >= 4 is 28.7 Å². The number of nitrogens with zero attached hydrogens (tertiary/aromatic N) is 5. The highest BCUT2D eigenvalue weighted by Gasteiger charge is 2.34. The summed E-state index contributed by atoms with van der Waals surface area (Å²) in [6, 6.07) is 8.86. The first kappa shape index (κ1) is 24.0. The normalized spacial score (nSPS) is 23.9. The number of benzene rings is 1. The molecular weight excluding hydrogens is 484 g/mol. The smallest absolute Gasteiger partial charge is 0.296 e. The number of imidazole rings is 1. The first-order valence-electron chi connectivity index (χ1n) is 12.7. The lowest BCUT2D eigenvalue weighted by Crippen LogP contribution is -2.52. The van der Waals surface area contributed by atoms with Crippen molar-refractivity contribution in [2.45, 2.75) is 50.3 Å². The second-order valence-corrected chi connectivity index (χ2v) is 9.63. The third kappa shape index (κ3) is 4.95. The van der Waals surface area contributed by atoms with Crippen molar-refractivity contribution < 1.29 is 23.0 Å². The summed E-state index contributed by atoms with van der Waals surface area (Å²) >= 11 is 0. The maximum Gasteiger partial charge on any atom is 0.296 e. The SMILES string of the molecule is O=C(NC1CC(Nc2cc(-n3c(C(F)F)nc4ccccc43)nc(N3CCOCC3)n2)C1)[C@@H]1CCCO1. The van der Waals surface area contributed by atoms with Gasteiger partial charge >= 0.3 is 0 Å². The van der Waals surface area contributed by atoms with Crippen molar-refractivity contribution in [1.29, 1.82) is 0 Å². The molecule has 1 amide bonds. The lowest BCUT2D eigenvalue weighted by atomic mass is 9.86. The maximum absolute atomic E-state index is 14.0. The Morgan fingerprint density at radius 3 is 2.62 bits per heavy atom. The summed E-state index contributed by atoms with van der Waals surface area (Å²) < 4.78 is 40.4. The minimum Gasteiger partial charge on any atom is -0.378 e. The number of nitrogens with one attached hydrogen (secondary N) is 2. The minimum atomic E-state index is -2.77. The highest BCUT2D eigenvalue weighted by molar-refractivity contribution is 5.81. The van der Waals surface area contributed by atoms with Gasteiger partial charge in [-0.2, -0.15) is 9.97 Å². The molecular formula is C25H29F2N7O3. The second-order valence-electron chi connectivity index (χ2n) is 9.63. The number of amides is 1. The molecule has 4 heterocycles. The number of carbonyl (C=O) groups is 1. The van der Waals surface area contributed by atoms with Crippen LogP contribution in [0.5, 0.6) is 0 Å². The molecule has 1 aromatic carbocycles. The molecule has 6 rings (SSSR count). The van der Waals surface area contributed by atoms with Gasteiger partial charge in [-0.3, -0.25) is 9.36 Å². The van der Waals surface area contributed by atoms with E-state index in [-0.39, 0.29) is 29.9 Å². The molecule has 1 aliphatic carbocycles. The van der Waals surface area contributed by atoms with Crippen LogP contribution in [0.1, 0.15) is 37.9 Å². The fourth-order valence-corrected chi connectivity index (χ4v) is 5.09. The van der Waals surface area contributed by atoms with E-state index in [9.17, 15) is 13.6 Å². The predicted molar refractivity (Wildman–Crippen MR) is 132 cm³/mol. The summed E-state index contributed by atoms with van der Waals surface area (Å²) in [6.45, 7) is 2.93. The molecule has 3 aromatic rings. The zero-order valence-corrected chi connectivity index (χ0v) is 20.3. The number of para-hydroxylation sites is 2. The Balaban J connectivity index is 1.26. The van der Waals surface area contributed by atoms with Gasteiger partial charge in [0.2, 0.25) is 11.9 Å². The third-order valence-electron chi connectivity index (χ3n) is 7.06. The molecule has 37 heavy (non-hydrogen) atoms. The first-order chi connectivity index (χ1) is 18.0. The topological polar surface area (TPSA) is 106 Å². The van der Waals surface area contributed by atoms with Crippen LogP contribution < -0.4 is 15.5 Å². The lowest BCUT2D eigenvalue weighted by Gasteiger charge is -2.37. The van der Waals surface area contributed by atoms with E-state index in [1.54, 1.807) is 30.3 Å². The molecule has 2 saturated heterocycles. The number of halogens is 2. The van der Waals surface area contributed by atoms with Gasteiger partial charge in [0.15, 0.2) is 5.82 Å². The van der Waals surface area contributed by atoms with E-state index in [1.807, 2.05) is 4.90 Å². The molecule has 3 fully saturated rings. The molecule has 1 atom stereocenters. The van der Waals surface area contributed by atoms with Gasteiger partial charge in [-0.05, 0) is 37.8 Å². The number of carbonyl (C=O) groups excluding carboxylic acids is 1. The zero-order valence-electron chi connectivity index (χ0n) is 20.3. The summed E-state index contributed by atoms with van der Waals surface area (Å²) in [4.78, 5) is 27.9. The number of hydrogen-bond acceptors (Lipinski definition) is 8. The van der Waals surface area contributed by atoms with E-state index in [4.69, 9.17) is 14.5 Å². The Kier molecular flexibility index (Phi) is 6.59. The Morgan fingerprint density at radius 1 is 1.05 bits per heavy atom. The van der Waals surface area contributed by atoms with Crippen molar-refractivity contribution in [3.05, 3.63) is 36.2 Å². The van der Waals surface area contributed by atoms with E-state index < -0.39 is 6.43 Å². The number of fused-ring (bicyclic) bond motifs is 1. The van der Waals surface area contributed by atoms with Crippen LogP contribution in [0, 0.1) is 0 Å². The first-order valence-corrected chi connectivity index (χ1v) is 12.7. The molecule has 2 aliphatic heterocycles. The van der Waals surface area contributed by atoms with E-state index in [1.165, 1.54) is 4.57 Å². The molecule has 3 aliphatic rings. The summed E-state index contributed by atoms with van der Waals surface area (Å²) in [6.07, 6.45) is 0.0280. The van der Waals surface area contributed by atoms with Crippen molar-refractivity contribution in [2.75, 3.05) is 43.1 Å². The fraction of sp³-hybridized carbons (Fsp3) is 0.520. The van der Waals surface area contributed by atoms with Crippen molar-refractivity contribution in [3.8, 4) is 5.82 Å². The van der Waals surface area contributed by atoms with Crippen LogP contribution in [0.3, 0.4) is 0 Å². The van der Waals surface area contributed by atoms with E-state index >= 15 is 0 Å². The monoisotopic (exact) mass is 513 g/mol. The Morgan fingerprint density at radius 2 is 1.86 bits per heavy atom. The van der Waals surface area contributed by atoms with Gasteiger partial charge in [0.25, 0.3) is 6.43 Å². The van der Waals surface area contributed by atoms with Gasteiger partial charge in [0.05, 0.1) is 24.2 Å². The molecule has 0 radical (unpaired) electrons. The van der Waals surface area contributed by atoms with Crippen LogP contribution in [-0.2, 0) is 14.3 Å². The van der Waals surface area contributed by atoms with Crippen LogP contribution in [-0.4, -0.2) is 76.5 Å². The largest absolute Gasteiger partial charge is 0.378 e. The van der Waals surface area contributed by atoms with E-state index in [0.717, 1.165) is 25.7 Å². The molecule has 2 aromatic heterocycles. The van der Waals surface area contributed by atoms with Gasteiger partial charge < -0.3 is 25.0 Å². The fourth-order valence-electron chi connectivity index (χ4n) is 5.09. The second kappa shape index (κ2) is 10.2. The van der Waals surface area contributed by atoms with E-state index in [2.05, 4.69) is 20.6 Å². The number of rotatable bonds is 7. The quantitative estimate of drug-likeness (QED) is 0.497. The molecule has 0 spiro atoms. The Bertz CT molecular complexity index is 1270. The van der Waals surface area contributed by atoms with E-state index in [0.29, 0.717) is 61.5 Å². The Labute approximate surface area is 212 Å². The molecule has 12 heteroatoms. The van der Waals surface area contributed by atoms with Crippen molar-refractivity contribution in [2.24, 2.45) is 0 Å². The van der Waals surface area contributed by atoms with Crippen LogP contribution >= 0.6 is 0 Å². The molecule has 2 N–H and O–H groups in total. The molecule has 1 saturated carbocycles. The summed E-state index contributed by atoms with van der Waals surface area (Å²) in [7, 11) is 0. The highest BCUT2D eigenvalue weighted by Crippen LogP contribution is 2.30. The average molecular weight is 514 g/mol. The van der Waals surface area contributed by atoms with Gasteiger partial charge in [-0.25, -0.2) is 13.8 Å². The number of anilines is 2. The van der Waals surface area contributed by atoms with Gasteiger partial charge in [-0.15, -0.1) is 0 Å². The van der Waals surface area contributed by atoms with Gasteiger partial charge in [0.1, 0.15) is 17.7 Å². The van der Waals surface area contributed by atoms with Gasteiger partial charge in [-0.1, -0.05) is 12.1 Å².